The first-order chi connectivity index (χ1) is 8.31. The third kappa shape index (κ3) is 3.08. The minimum absolute atomic E-state index is 0.331. The molecule has 2 rings (SSSR count). The van der Waals surface area contributed by atoms with Crippen LogP contribution in [0.4, 0.5) is 10.8 Å². The van der Waals surface area contributed by atoms with Crippen LogP contribution in [-0.4, -0.2) is 35.5 Å². The highest BCUT2D eigenvalue weighted by Gasteiger charge is 2.12. The number of nitrogens with two attached hydrogens (primary N) is 1. The summed E-state index contributed by atoms with van der Waals surface area (Å²) in [4.78, 5) is 2.45. The minimum Gasteiger partial charge on any atom is -0.382 e. The minimum atomic E-state index is 0.331. The highest BCUT2D eigenvalue weighted by atomic mass is 32.1. The number of hydrogen-bond donors (Lipinski definition) is 2. The van der Waals surface area contributed by atoms with Crippen molar-refractivity contribution in [2.24, 2.45) is 0 Å². The van der Waals surface area contributed by atoms with Gasteiger partial charge in [0.05, 0.1) is 0 Å². The molecule has 0 aliphatic carbocycles. The second-order valence-electron chi connectivity index (χ2n) is 4.21. The van der Waals surface area contributed by atoms with Gasteiger partial charge < -0.3 is 16.0 Å². The van der Waals surface area contributed by atoms with Gasteiger partial charge in [0.25, 0.3) is 0 Å². The van der Waals surface area contributed by atoms with Crippen LogP contribution in [0.2, 0.25) is 0 Å². The Kier molecular flexibility index (Phi) is 4.18. The Hall–Kier alpha value is -1.32. The molecule has 1 aliphatic heterocycles. The SMILES string of the molecule is N#Cc1c(N)nsc1NCCN1CCCCC1. The van der Waals surface area contributed by atoms with Gasteiger partial charge in [0.1, 0.15) is 16.6 Å². The second kappa shape index (κ2) is 5.84. The molecule has 0 atom stereocenters. The van der Waals surface area contributed by atoms with E-state index in [9.17, 15) is 0 Å². The molecule has 6 heteroatoms. The smallest absolute Gasteiger partial charge is 0.157 e. The standard InChI is InChI=1S/C11H17N5S/c12-8-9-10(13)15-17-11(9)14-4-7-16-5-2-1-3-6-16/h14H,1-7H2,(H2,13,15). The Bertz CT molecular complexity index is 402. The third-order valence-corrected chi connectivity index (χ3v) is 3.81. The van der Waals surface area contributed by atoms with E-state index in [1.807, 2.05) is 0 Å². The number of aromatic nitrogens is 1. The van der Waals surface area contributed by atoms with Crippen molar-refractivity contribution in [3.05, 3.63) is 5.56 Å². The molecule has 1 aliphatic rings. The Labute approximate surface area is 105 Å². The molecule has 1 fully saturated rings. The van der Waals surface area contributed by atoms with Crippen molar-refractivity contribution in [3.8, 4) is 6.07 Å². The van der Waals surface area contributed by atoms with Crippen LogP contribution < -0.4 is 11.1 Å². The van der Waals surface area contributed by atoms with Crippen LogP contribution in [0, 0.1) is 11.3 Å². The maximum absolute atomic E-state index is 8.92. The topological polar surface area (TPSA) is 78.0 Å². The lowest BCUT2D eigenvalue weighted by molar-refractivity contribution is 0.237. The summed E-state index contributed by atoms with van der Waals surface area (Å²) in [6, 6.07) is 2.08. The summed E-state index contributed by atoms with van der Waals surface area (Å²) in [5, 5.41) is 13.0. The number of nitriles is 1. The molecule has 0 amide bonds. The van der Waals surface area contributed by atoms with E-state index >= 15 is 0 Å². The van der Waals surface area contributed by atoms with Gasteiger partial charge in [-0.25, -0.2) is 0 Å². The van der Waals surface area contributed by atoms with Crippen LogP contribution in [0.25, 0.3) is 0 Å². The molecule has 0 saturated carbocycles. The summed E-state index contributed by atoms with van der Waals surface area (Å²) in [7, 11) is 0. The van der Waals surface area contributed by atoms with Gasteiger partial charge in [-0.3, -0.25) is 0 Å². The van der Waals surface area contributed by atoms with E-state index in [1.54, 1.807) is 0 Å². The fraction of sp³-hybridized carbons (Fsp3) is 0.636. The highest BCUT2D eigenvalue weighted by Crippen LogP contribution is 2.25. The number of nitrogen functional groups attached to an aromatic ring is 1. The number of piperidine rings is 1. The van der Waals surface area contributed by atoms with E-state index in [2.05, 4.69) is 20.7 Å². The van der Waals surface area contributed by atoms with Crippen molar-refractivity contribution in [2.45, 2.75) is 19.3 Å². The van der Waals surface area contributed by atoms with Gasteiger partial charge in [-0.15, -0.1) is 0 Å². The largest absolute Gasteiger partial charge is 0.382 e. The van der Waals surface area contributed by atoms with Crippen LogP contribution in [0.15, 0.2) is 0 Å². The van der Waals surface area contributed by atoms with E-state index in [0.29, 0.717) is 11.4 Å². The van der Waals surface area contributed by atoms with Crippen LogP contribution in [0.5, 0.6) is 0 Å². The maximum atomic E-state index is 8.92. The zero-order valence-electron chi connectivity index (χ0n) is 9.78. The van der Waals surface area contributed by atoms with Gasteiger partial charge in [0.15, 0.2) is 5.82 Å². The van der Waals surface area contributed by atoms with Crippen molar-refractivity contribution in [2.75, 3.05) is 37.2 Å². The summed E-state index contributed by atoms with van der Waals surface area (Å²) in [5.41, 5.74) is 6.07. The lowest BCUT2D eigenvalue weighted by atomic mass is 10.1. The van der Waals surface area contributed by atoms with E-state index in [-0.39, 0.29) is 0 Å². The molecular formula is C11H17N5S. The molecule has 0 unspecified atom stereocenters. The highest BCUT2D eigenvalue weighted by molar-refractivity contribution is 7.10. The van der Waals surface area contributed by atoms with Crippen molar-refractivity contribution in [1.29, 1.82) is 5.26 Å². The van der Waals surface area contributed by atoms with Gasteiger partial charge in [-0.2, -0.15) is 9.64 Å². The maximum Gasteiger partial charge on any atom is 0.157 e. The van der Waals surface area contributed by atoms with Crippen LogP contribution in [0.1, 0.15) is 24.8 Å². The van der Waals surface area contributed by atoms with Gasteiger partial charge in [0.2, 0.25) is 0 Å². The fourth-order valence-corrected chi connectivity index (χ4v) is 2.73. The quantitative estimate of drug-likeness (QED) is 0.847. The van der Waals surface area contributed by atoms with Crippen LogP contribution in [-0.2, 0) is 0 Å². The Balaban J connectivity index is 1.79. The number of nitrogens with zero attached hydrogens (tertiary/aromatic N) is 3. The van der Waals surface area contributed by atoms with Crippen molar-refractivity contribution < 1.29 is 0 Å². The molecule has 0 spiro atoms. The van der Waals surface area contributed by atoms with E-state index in [1.165, 1.54) is 43.9 Å². The average molecular weight is 251 g/mol. The van der Waals surface area contributed by atoms with Gasteiger partial charge >= 0.3 is 0 Å². The second-order valence-corrected chi connectivity index (χ2v) is 4.99. The van der Waals surface area contributed by atoms with E-state index < -0.39 is 0 Å². The van der Waals surface area contributed by atoms with Gasteiger partial charge in [-0.1, -0.05) is 6.42 Å². The molecule has 0 radical (unpaired) electrons. The predicted octanol–water partition coefficient (Wildman–Crippen LogP) is 1.49. The number of anilines is 2. The van der Waals surface area contributed by atoms with Crippen LogP contribution >= 0.6 is 11.5 Å². The molecule has 1 aromatic rings. The van der Waals surface area contributed by atoms with E-state index in [0.717, 1.165) is 18.1 Å². The molecular weight excluding hydrogens is 234 g/mol. The average Bonchev–Trinajstić information content (AvgIpc) is 2.71. The molecule has 92 valence electrons. The molecule has 2 heterocycles. The molecule has 3 N–H and O–H groups in total. The summed E-state index contributed by atoms with van der Waals surface area (Å²) in [6.07, 6.45) is 3.96. The van der Waals surface area contributed by atoms with Gasteiger partial charge in [-0.05, 0) is 37.5 Å². The lowest BCUT2D eigenvalue weighted by Crippen LogP contribution is -2.33. The number of rotatable bonds is 4. The van der Waals surface area contributed by atoms with Crippen molar-refractivity contribution >= 4 is 22.4 Å². The Morgan fingerprint density at radius 3 is 2.88 bits per heavy atom. The van der Waals surface area contributed by atoms with E-state index in [4.69, 9.17) is 11.0 Å². The summed E-state index contributed by atoms with van der Waals surface area (Å²) >= 11 is 1.26. The van der Waals surface area contributed by atoms with Crippen molar-refractivity contribution in [3.63, 3.8) is 0 Å². The third-order valence-electron chi connectivity index (χ3n) is 2.99. The molecule has 1 aromatic heterocycles. The molecule has 1 saturated heterocycles. The molecule has 17 heavy (non-hydrogen) atoms. The zero-order chi connectivity index (χ0) is 12.1. The number of likely N-dealkylation sites (tertiary alicyclic amines) is 1. The first-order valence-corrected chi connectivity index (χ1v) is 6.70. The number of hydrogen-bond acceptors (Lipinski definition) is 6. The normalized spacial score (nSPS) is 16.6. The molecule has 0 bridgehead atoms. The molecule has 5 nitrogen and oxygen atoms in total. The summed E-state index contributed by atoms with van der Waals surface area (Å²) < 4.78 is 3.97. The first kappa shape index (κ1) is 12.1. The lowest BCUT2D eigenvalue weighted by Gasteiger charge is -2.26. The zero-order valence-corrected chi connectivity index (χ0v) is 10.6. The molecule has 0 aromatic carbocycles. The van der Waals surface area contributed by atoms with Crippen molar-refractivity contribution in [1.82, 2.24) is 9.27 Å². The Morgan fingerprint density at radius 2 is 2.18 bits per heavy atom. The first-order valence-electron chi connectivity index (χ1n) is 5.92. The predicted molar refractivity (Wildman–Crippen MR) is 70.0 cm³/mol. The number of nitrogens with one attached hydrogen (secondary N) is 1. The van der Waals surface area contributed by atoms with Crippen LogP contribution in [0.3, 0.4) is 0 Å². The van der Waals surface area contributed by atoms with Gasteiger partial charge in [0, 0.05) is 13.1 Å². The Morgan fingerprint density at radius 1 is 1.41 bits per heavy atom. The summed E-state index contributed by atoms with van der Waals surface area (Å²) in [6.45, 7) is 4.24. The summed E-state index contributed by atoms with van der Waals surface area (Å²) in [5.74, 6) is 0.331. The fourth-order valence-electron chi connectivity index (χ4n) is 2.04. The monoisotopic (exact) mass is 251 g/mol.